The number of carbonyl (C=O) groups is 4. The first-order valence-corrected chi connectivity index (χ1v) is 25.0. The predicted molar refractivity (Wildman–Crippen MR) is 255 cm³/mol. The van der Waals surface area contributed by atoms with Crippen molar-refractivity contribution in [1.29, 1.82) is 0 Å². The maximum atomic E-state index is 13.8. The Balaban J connectivity index is 0.000000235. The molecule has 3 aromatic heterocycles. The first kappa shape index (κ1) is 48.1. The number of hydrogen-bond acceptors (Lipinski definition) is 13. The molecule has 2 saturated carbocycles. The van der Waals surface area contributed by atoms with Crippen LogP contribution in [0.2, 0.25) is 10.0 Å². The van der Waals surface area contributed by atoms with Crippen LogP contribution in [0.4, 0.5) is 5.69 Å². The second kappa shape index (κ2) is 22.1. The average Bonchev–Trinajstić information content (AvgIpc) is 4.15. The number of aromatic nitrogens is 3. The van der Waals surface area contributed by atoms with Gasteiger partial charge in [0.15, 0.2) is 0 Å². The van der Waals surface area contributed by atoms with E-state index < -0.39 is 0 Å². The quantitative estimate of drug-likeness (QED) is 0.0908. The van der Waals surface area contributed by atoms with Gasteiger partial charge < -0.3 is 39.0 Å². The normalized spacial score (nSPS) is 20.7. The largest absolute Gasteiger partial charge is 0.469 e. The number of esters is 2. The molecular weight excluding hydrogens is 924 g/mol. The van der Waals surface area contributed by atoms with Crippen LogP contribution >= 0.6 is 45.9 Å². The van der Waals surface area contributed by atoms with Gasteiger partial charge in [0.2, 0.25) is 5.91 Å². The number of methoxy groups -OCH3 is 2. The Labute approximate surface area is 402 Å². The van der Waals surface area contributed by atoms with Gasteiger partial charge in [-0.2, -0.15) is 0 Å². The van der Waals surface area contributed by atoms with Crippen LogP contribution in [0, 0.1) is 0 Å². The summed E-state index contributed by atoms with van der Waals surface area (Å²) in [6.07, 6.45) is 17.0. The number of likely N-dealkylation sites (tertiary alicyclic amines) is 1. The zero-order chi connectivity index (χ0) is 46.3. The molecule has 5 heterocycles. The minimum atomic E-state index is -0.305. The smallest absolute Gasteiger partial charge is 0.305 e. The molecule has 66 heavy (non-hydrogen) atoms. The number of rotatable bonds is 16. The van der Waals surface area contributed by atoms with E-state index in [9.17, 15) is 19.2 Å². The van der Waals surface area contributed by atoms with Gasteiger partial charge in [-0.1, -0.05) is 41.4 Å². The Morgan fingerprint density at radius 3 is 2.11 bits per heavy atom. The molecule has 2 aliphatic heterocycles. The van der Waals surface area contributed by atoms with Crippen LogP contribution in [0.25, 0.3) is 10.9 Å². The molecule has 5 aromatic rings. The molecule has 0 radical (unpaired) electrons. The van der Waals surface area contributed by atoms with E-state index in [1.807, 2.05) is 47.0 Å². The second-order valence-corrected chi connectivity index (χ2v) is 20.4. The highest BCUT2D eigenvalue weighted by Gasteiger charge is 2.40. The van der Waals surface area contributed by atoms with Crippen LogP contribution in [0.3, 0.4) is 0 Å². The Bertz CT molecular complexity index is 2520. The summed E-state index contributed by atoms with van der Waals surface area (Å²) < 4.78 is 23.7. The monoisotopic (exact) mass is 978 g/mol. The minimum absolute atomic E-state index is 0.0311. The van der Waals surface area contributed by atoms with E-state index in [4.69, 9.17) is 37.4 Å². The number of halogens is 2. The van der Waals surface area contributed by atoms with Crippen molar-refractivity contribution in [2.45, 2.75) is 120 Å². The lowest BCUT2D eigenvalue weighted by Gasteiger charge is -2.28. The average molecular weight is 980 g/mol. The van der Waals surface area contributed by atoms with Crippen molar-refractivity contribution in [3.8, 4) is 0 Å². The third-order valence-electron chi connectivity index (χ3n) is 12.7. The highest BCUT2D eigenvalue weighted by molar-refractivity contribution is 7.12. The third-order valence-corrected chi connectivity index (χ3v) is 15.7. The highest BCUT2D eigenvalue weighted by atomic mass is 35.5. The summed E-state index contributed by atoms with van der Waals surface area (Å²) in [6, 6.07) is 11.0. The number of ether oxygens (including phenoxy) is 4. The summed E-state index contributed by atoms with van der Waals surface area (Å²) >= 11 is 16.5. The molecule has 0 spiro atoms. The minimum Gasteiger partial charge on any atom is -0.469 e. The van der Waals surface area contributed by atoms with E-state index in [1.54, 1.807) is 35.9 Å². The number of hydrogen-bond donors (Lipinski definition) is 2. The molecule has 2 amide bonds. The van der Waals surface area contributed by atoms with Gasteiger partial charge in [-0.05, 0) is 81.5 Å². The van der Waals surface area contributed by atoms with Crippen LogP contribution in [0.5, 0.6) is 0 Å². The van der Waals surface area contributed by atoms with E-state index in [2.05, 4.69) is 25.3 Å². The number of benzene rings is 2. The van der Waals surface area contributed by atoms with Crippen LogP contribution in [0.15, 0.2) is 55.0 Å². The van der Waals surface area contributed by atoms with Crippen LogP contribution in [-0.4, -0.2) is 94.9 Å². The Kier molecular flexibility index (Phi) is 16.1. The second-order valence-electron chi connectivity index (χ2n) is 17.3. The lowest BCUT2D eigenvalue weighted by Crippen LogP contribution is -2.35. The molecule has 4 aliphatic rings. The topological polar surface area (TPSA) is 163 Å². The molecular formula is C48H56Cl2N6O8S2. The molecule has 18 heteroatoms. The van der Waals surface area contributed by atoms with Gasteiger partial charge in [-0.15, -0.1) is 22.7 Å². The number of thiazole rings is 2. The first-order chi connectivity index (χ1) is 31.9. The van der Waals surface area contributed by atoms with E-state index in [0.29, 0.717) is 72.3 Å². The summed E-state index contributed by atoms with van der Waals surface area (Å²) in [5, 5.41) is 9.75. The van der Waals surface area contributed by atoms with Crippen LogP contribution < -0.4 is 10.6 Å². The molecule has 14 nitrogen and oxygen atoms in total. The van der Waals surface area contributed by atoms with Crippen LogP contribution in [0.1, 0.15) is 112 Å². The third kappa shape index (κ3) is 11.8. The molecule has 4 fully saturated rings. The maximum Gasteiger partial charge on any atom is 0.305 e. The van der Waals surface area contributed by atoms with Gasteiger partial charge in [0.25, 0.3) is 5.91 Å². The molecule has 352 valence electrons. The van der Waals surface area contributed by atoms with Crippen molar-refractivity contribution in [3.63, 3.8) is 0 Å². The molecule has 0 bridgehead atoms. The highest BCUT2D eigenvalue weighted by Crippen LogP contribution is 2.40. The predicted octanol–water partition coefficient (Wildman–Crippen LogP) is 8.97. The van der Waals surface area contributed by atoms with Crippen molar-refractivity contribution < 1.29 is 38.1 Å². The lowest BCUT2D eigenvalue weighted by molar-refractivity contribution is -0.141. The van der Waals surface area contributed by atoms with Gasteiger partial charge >= 0.3 is 11.9 Å². The zero-order valence-electron chi connectivity index (χ0n) is 37.4. The summed E-state index contributed by atoms with van der Waals surface area (Å²) in [4.78, 5) is 62.9. The number of anilines is 1. The zero-order valence-corrected chi connectivity index (χ0v) is 40.5. The summed E-state index contributed by atoms with van der Waals surface area (Å²) in [6.45, 7) is 1.37. The number of fused-ring (bicyclic) bond motifs is 1. The van der Waals surface area contributed by atoms with Crippen molar-refractivity contribution >= 4 is 86.2 Å². The molecule has 4 atom stereocenters. The molecule has 9 rings (SSSR count). The van der Waals surface area contributed by atoms with Crippen molar-refractivity contribution in [2.24, 2.45) is 7.05 Å². The number of aryl methyl sites for hydroxylation is 3. The van der Waals surface area contributed by atoms with Gasteiger partial charge in [-0.25, -0.2) is 9.97 Å². The van der Waals surface area contributed by atoms with Crippen molar-refractivity contribution in [2.75, 3.05) is 32.6 Å². The number of nitrogens with one attached hydrogen (secondary N) is 2. The summed E-state index contributed by atoms with van der Waals surface area (Å²) in [5.74, 6) is -0.860. The fraction of sp³-hybridized carbons (Fsp3) is 0.500. The Morgan fingerprint density at radius 1 is 0.818 bits per heavy atom. The Hall–Kier alpha value is -4.42. The molecule has 0 unspecified atom stereocenters. The molecule has 2 aromatic carbocycles. The van der Waals surface area contributed by atoms with Gasteiger partial charge in [-0.3, -0.25) is 19.2 Å². The summed E-state index contributed by atoms with van der Waals surface area (Å²) in [5.41, 5.74) is 2.39. The lowest BCUT2D eigenvalue weighted by atomic mass is 9.96. The van der Waals surface area contributed by atoms with Gasteiger partial charge in [0.1, 0.15) is 10.0 Å². The van der Waals surface area contributed by atoms with Gasteiger partial charge in [0, 0.05) is 70.8 Å². The van der Waals surface area contributed by atoms with Crippen LogP contribution in [-0.2, 0) is 59.6 Å². The number of para-hydroxylation sites is 1. The van der Waals surface area contributed by atoms with E-state index in [1.165, 1.54) is 44.8 Å². The van der Waals surface area contributed by atoms with Gasteiger partial charge in [0.05, 0.1) is 86.3 Å². The fourth-order valence-electron chi connectivity index (χ4n) is 8.60. The fourth-order valence-corrected chi connectivity index (χ4v) is 11.1. The van der Waals surface area contributed by atoms with Crippen molar-refractivity contribution in [3.05, 3.63) is 95.9 Å². The standard InChI is InChI=1S/C33H34Cl2N4O5S.C15H22N2O3S/c1-38-18-24(23-8-3-4-9-28(23)38)32(42)37-27-15-25(34)19(12-26(27)35)13-30(40)39-17-21(44-20-6-5-7-20)14-29(39)33-36-16-22(45-33)10-11-31(41)43-2;1-19-14(18)6-5-12-9-17-15(21-12)13-7-11(8-16-13)20-10-3-2-4-10/h3-4,8-9,12,15-16,18,20-21,29H,5-7,10-11,13-14,17H2,1-2H3,(H,37,42);9-11,13,16H,2-8H2,1H3/t21-,29-;11-,13-/m00/s1. The van der Waals surface area contributed by atoms with Crippen molar-refractivity contribution in [1.82, 2.24) is 24.8 Å². The maximum absolute atomic E-state index is 13.8. The number of carbonyl (C=O) groups excluding carboxylic acids is 4. The molecule has 2 N–H and O–H groups in total. The number of nitrogens with zero attached hydrogens (tertiary/aromatic N) is 4. The SMILES string of the molecule is COC(=O)CCc1cnc([C@@H]2C[C@H](OC3CCC3)CN2)s1.COC(=O)CCc1cnc([C@@H]2C[C@H](OC3CCC3)CN2C(=O)Cc2cc(Cl)c(NC(=O)c3cn(C)c4ccccc34)cc2Cl)s1. The first-order valence-electron chi connectivity index (χ1n) is 22.6. The number of amides is 2. The van der Waals surface area contributed by atoms with E-state index in [-0.39, 0.29) is 59.9 Å². The van der Waals surface area contributed by atoms with E-state index >= 15 is 0 Å². The Morgan fingerprint density at radius 2 is 1.45 bits per heavy atom. The van der Waals surface area contributed by atoms with E-state index in [0.717, 1.165) is 62.9 Å². The summed E-state index contributed by atoms with van der Waals surface area (Å²) in [7, 11) is 4.69. The molecule has 2 aliphatic carbocycles. The molecule has 2 saturated heterocycles.